The van der Waals surface area contributed by atoms with E-state index < -0.39 is 35.8 Å². The van der Waals surface area contributed by atoms with E-state index in [0.717, 1.165) is 45.2 Å². The molecule has 80 heavy (non-hydrogen) atoms. The number of methoxy groups -OCH3 is 1. The van der Waals surface area contributed by atoms with E-state index in [1.165, 1.54) is 13.2 Å². The number of ether oxygens (including phenoxy) is 1. The Morgan fingerprint density at radius 3 is 1.65 bits per heavy atom. The Balaban J connectivity index is 0.000000178. The number of benzene rings is 4. The summed E-state index contributed by atoms with van der Waals surface area (Å²) in [6.45, 7) is 3.74. The third-order valence-electron chi connectivity index (χ3n) is 12.8. The number of halogens is 1. The summed E-state index contributed by atoms with van der Waals surface area (Å²) in [5.41, 5.74) is 14.2. The Bertz CT molecular complexity index is 3800. The maximum Gasteiger partial charge on any atom is 0.328 e. The molecule has 0 saturated carbocycles. The van der Waals surface area contributed by atoms with Gasteiger partial charge in [-0.2, -0.15) is 0 Å². The molecule has 8 aromatic rings. The molecule has 0 bridgehead atoms. The van der Waals surface area contributed by atoms with Crippen LogP contribution in [0.4, 0.5) is 4.39 Å². The molecule has 0 saturated heterocycles. The fraction of sp³-hybridized carbons (Fsp3) is 0.148. The Morgan fingerprint density at radius 1 is 0.713 bits per heavy atom. The zero-order valence-electron chi connectivity index (χ0n) is 43.7. The molecule has 0 fully saturated rings. The topological polar surface area (TPSA) is 284 Å². The number of carbonyl (C=O) groups is 6. The number of carbonyl (C=O) groups excluding carboxylic acids is 5. The third-order valence-corrected chi connectivity index (χ3v) is 12.8. The third kappa shape index (κ3) is 14.6. The summed E-state index contributed by atoms with van der Waals surface area (Å²) in [5, 5.41) is 15.4. The van der Waals surface area contributed by atoms with Crippen LogP contribution in [0.25, 0.3) is 44.3 Å². The molecule has 9 N–H and O–H groups in total. The van der Waals surface area contributed by atoms with E-state index in [-0.39, 0.29) is 11.2 Å². The molecule has 4 heterocycles. The lowest BCUT2D eigenvalue weighted by Crippen LogP contribution is -2.38. The van der Waals surface area contributed by atoms with Crippen LogP contribution in [0.3, 0.4) is 0 Å². The first-order valence-corrected chi connectivity index (χ1v) is 24.6. The lowest BCUT2D eigenvalue weighted by Gasteiger charge is -2.20. The van der Waals surface area contributed by atoms with Gasteiger partial charge in [0.05, 0.1) is 46.2 Å². The number of carboxylic acid groups (broad SMARTS) is 1. The van der Waals surface area contributed by atoms with Crippen LogP contribution >= 0.6 is 0 Å². The van der Waals surface area contributed by atoms with Crippen molar-refractivity contribution in [1.29, 1.82) is 0 Å². The second kappa shape index (κ2) is 26.6. The number of likely N-dealkylation sites (N-methyl/N-ethyl adjacent to an activating group) is 1. The van der Waals surface area contributed by atoms with Crippen molar-refractivity contribution in [2.75, 3.05) is 14.2 Å². The normalized spacial score (nSPS) is 13.5. The van der Waals surface area contributed by atoms with Crippen molar-refractivity contribution in [2.24, 2.45) is 17.1 Å². The van der Waals surface area contributed by atoms with Crippen LogP contribution in [0.2, 0.25) is 0 Å². The maximum absolute atomic E-state index is 13.9. The molecule has 402 valence electrons. The van der Waals surface area contributed by atoms with Gasteiger partial charge in [0.15, 0.2) is 0 Å². The highest BCUT2D eigenvalue weighted by Crippen LogP contribution is 2.50. The highest BCUT2D eigenvalue weighted by molar-refractivity contribution is 6.07. The SMILES string of the molecule is CNC(CC1(C)C=C1CC(NC=O)C(=O)OC)C(=O)O.Cc1ccc(C#Cc2ccc(-c3cc(C(=O)NN)c4cnccc4n3)cc2)c(F)c1.NNC(=O)c1cc(-c2ccc(C#Cc3ccc(C=O)cc3)cc2)nc2ccncc12. The second-order valence-corrected chi connectivity index (χ2v) is 18.3. The lowest BCUT2D eigenvalue weighted by molar-refractivity contribution is -0.144. The number of nitrogens with zero attached hydrogens (tertiary/aromatic N) is 4. The standard InChI is InChI=1S/C24H17FN4O.C24H16N4O2.C13H20N2O5/c1-15-2-6-17(21(25)12-15)7-3-16-4-8-18(9-5-16)23-13-19(24(30)29-26)20-14-27-11-10-22(20)28-23;25-28-24(30)20-13-23(27-22-11-12-26-14-21(20)22)19-9-7-17(8-10-19)2-1-16-3-5-18(15-29)6-4-16;1-13(6-10(14-2)11(17)18)5-8(13)4-9(15-7-16)12(19)20-3/h2,4-6,8-14H,26H2,1H3,(H,29,30);3-15H,25H2,(H,28,30);5,7,9-10,14H,4,6H2,1-3H3,(H,15,16)(H,17,18). The number of aromatic nitrogens is 4. The summed E-state index contributed by atoms with van der Waals surface area (Å²) >= 11 is 0. The van der Waals surface area contributed by atoms with E-state index in [1.807, 2.05) is 86.7 Å². The average molecular weight is 1070 g/mol. The first-order chi connectivity index (χ1) is 38.6. The number of aldehydes is 1. The summed E-state index contributed by atoms with van der Waals surface area (Å²) in [6.07, 6.45) is 10.3. The van der Waals surface area contributed by atoms with Crippen molar-refractivity contribution in [3.63, 3.8) is 0 Å². The molecular weight excluding hydrogens is 1020 g/mol. The molecular formula is C61H53FN10O8. The van der Waals surface area contributed by atoms with Crippen LogP contribution in [-0.4, -0.2) is 87.7 Å². The molecule has 3 amide bonds. The van der Waals surface area contributed by atoms with Gasteiger partial charge in [-0.15, -0.1) is 0 Å². The fourth-order valence-corrected chi connectivity index (χ4v) is 8.29. The largest absolute Gasteiger partial charge is 0.480 e. The van der Waals surface area contributed by atoms with E-state index in [0.29, 0.717) is 74.7 Å². The minimum atomic E-state index is -0.913. The van der Waals surface area contributed by atoms with Gasteiger partial charge in [-0.3, -0.25) is 44.8 Å². The molecule has 4 aromatic carbocycles. The minimum absolute atomic E-state index is 0.330. The van der Waals surface area contributed by atoms with Crippen LogP contribution in [0.1, 0.15) is 78.7 Å². The predicted molar refractivity (Wildman–Crippen MR) is 299 cm³/mol. The number of fused-ring (bicyclic) bond motifs is 2. The first-order valence-electron chi connectivity index (χ1n) is 24.6. The van der Waals surface area contributed by atoms with E-state index >= 15 is 0 Å². The smallest absolute Gasteiger partial charge is 0.328 e. The lowest BCUT2D eigenvalue weighted by atomic mass is 9.91. The van der Waals surface area contributed by atoms with Gasteiger partial charge in [-0.25, -0.2) is 30.8 Å². The number of rotatable bonds is 14. The Morgan fingerprint density at radius 2 is 1.21 bits per heavy atom. The molecule has 3 unspecified atom stereocenters. The maximum atomic E-state index is 13.9. The molecule has 1 aliphatic rings. The van der Waals surface area contributed by atoms with Gasteiger partial charge in [-0.05, 0) is 98.8 Å². The molecule has 0 radical (unpaired) electrons. The van der Waals surface area contributed by atoms with Crippen molar-refractivity contribution >= 4 is 58.3 Å². The van der Waals surface area contributed by atoms with Crippen molar-refractivity contribution in [3.05, 3.63) is 202 Å². The van der Waals surface area contributed by atoms with Gasteiger partial charge in [0.2, 0.25) is 6.41 Å². The van der Waals surface area contributed by atoms with Crippen molar-refractivity contribution in [2.45, 2.75) is 38.8 Å². The van der Waals surface area contributed by atoms with Crippen LogP contribution in [0.15, 0.2) is 152 Å². The van der Waals surface area contributed by atoms with E-state index in [9.17, 15) is 33.2 Å². The number of hydrogen-bond acceptors (Lipinski definition) is 14. The number of esters is 1. The number of hydrogen-bond donors (Lipinski definition) is 7. The number of allylic oxidation sites excluding steroid dienone is 1. The molecule has 9 rings (SSSR count). The second-order valence-electron chi connectivity index (χ2n) is 18.3. The number of nitrogen functional groups attached to an aromatic ring is 2. The van der Waals surface area contributed by atoms with E-state index in [4.69, 9.17) is 16.8 Å². The van der Waals surface area contributed by atoms with Crippen LogP contribution in [0.5, 0.6) is 0 Å². The summed E-state index contributed by atoms with van der Waals surface area (Å²) in [5.74, 6) is 20.1. The molecule has 4 aromatic heterocycles. The highest BCUT2D eigenvalue weighted by Gasteiger charge is 2.43. The number of nitrogens with one attached hydrogen (secondary N) is 4. The monoisotopic (exact) mass is 1070 g/mol. The van der Waals surface area contributed by atoms with E-state index in [2.05, 4.69) is 69.8 Å². The van der Waals surface area contributed by atoms with Crippen molar-refractivity contribution in [3.8, 4) is 46.2 Å². The number of carboxylic acids is 1. The number of aliphatic carboxylic acids is 1. The van der Waals surface area contributed by atoms with Crippen LogP contribution in [-0.2, 0) is 19.1 Å². The predicted octanol–water partition coefficient (Wildman–Crippen LogP) is 6.53. The Labute approximate surface area is 459 Å². The van der Waals surface area contributed by atoms with E-state index in [1.54, 1.807) is 74.3 Å². The van der Waals surface area contributed by atoms with Gasteiger partial charge < -0.3 is 20.5 Å². The minimum Gasteiger partial charge on any atom is -0.480 e. The summed E-state index contributed by atoms with van der Waals surface area (Å²) in [6, 6.07) is 32.5. The molecule has 3 atom stereocenters. The summed E-state index contributed by atoms with van der Waals surface area (Å²) in [7, 11) is 2.85. The zero-order valence-corrected chi connectivity index (χ0v) is 43.7. The molecule has 19 heteroatoms. The van der Waals surface area contributed by atoms with Gasteiger partial charge >= 0.3 is 11.9 Å². The molecule has 0 aliphatic heterocycles. The first kappa shape index (κ1) is 57.4. The highest BCUT2D eigenvalue weighted by atomic mass is 19.1. The summed E-state index contributed by atoms with van der Waals surface area (Å²) < 4.78 is 18.6. The van der Waals surface area contributed by atoms with Crippen LogP contribution < -0.4 is 33.2 Å². The molecule has 0 spiro atoms. The van der Waals surface area contributed by atoms with Crippen LogP contribution in [0, 0.1) is 41.8 Å². The quantitative estimate of drug-likeness (QED) is 0.0116. The number of hydrazine groups is 2. The van der Waals surface area contributed by atoms with Gasteiger partial charge in [0.25, 0.3) is 11.8 Å². The fourth-order valence-electron chi connectivity index (χ4n) is 8.29. The molecule has 1 aliphatic carbocycles. The van der Waals surface area contributed by atoms with Crippen molar-refractivity contribution in [1.82, 2.24) is 41.4 Å². The van der Waals surface area contributed by atoms with Gasteiger partial charge in [0.1, 0.15) is 24.2 Å². The summed E-state index contributed by atoms with van der Waals surface area (Å²) in [4.78, 5) is 85.5. The number of amides is 3. The Hall–Kier alpha value is -10.3. The Kier molecular flexibility index (Phi) is 19.1. The number of aryl methyl sites for hydroxylation is 1. The molecule has 18 nitrogen and oxygen atoms in total. The zero-order chi connectivity index (χ0) is 57.3. The van der Waals surface area contributed by atoms with Crippen molar-refractivity contribution < 1.29 is 43.0 Å². The average Bonchev–Trinajstić information content (AvgIpc) is 4.18. The number of pyridine rings is 4. The number of nitrogens with two attached hydrogens (primary N) is 2. The van der Waals surface area contributed by atoms with Gasteiger partial charge in [0, 0.05) is 80.8 Å². The van der Waals surface area contributed by atoms with Gasteiger partial charge in [-0.1, -0.05) is 84.7 Å².